The van der Waals surface area contributed by atoms with Crippen LogP contribution in [0.15, 0.2) is 0 Å². The summed E-state index contributed by atoms with van der Waals surface area (Å²) >= 11 is 0. The van der Waals surface area contributed by atoms with Gasteiger partial charge in [-0.2, -0.15) is 0 Å². The van der Waals surface area contributed by atoms with E-state index in [0.29, 0.717) is 6.61 Å². The first-order chi connectivity index (χ1) is 5.06. The molecule has 0 spiro atoms. The van der Waals surface area contributed by atoms with Gasteiger partial charge in [-0.05, 0) is 6.42 Å². The Labute approximate surface area is 65.6 Å². The third kappa shape index (κ3) is 10.1. The minimum absolute atomic E-state index is 0.0652. The Morgan fingerprint density at radius 2 is 1.91 bits per heavy atom. The Morgan fingerprint density at radius 3 is 2.36 bits per heavy atom. The van der Waals surface area contributed by atoms with Crippen molar-refractivity contribution in [3.8, 4) is 0 Å². The molecule has 0 aromatic rings. The molecule has 0 saturated heterocycles. The minimum Gasteiger partial charge on any atom is -0.379 e. The monoisotopic (exact) mass is 184 g/mol. The van der Waals surface area contributed by atoms with Gasteiger partial charge >= 0.3 is 7.82 Å². The molecule has 0 heterocycles. The Morgan fingerprint density at radius 1 is 1.27 bits per heavy atom. The summed E-state index contributed by atoms with van der Waals surface area (Å²) in [6, 6.07) is 0. The zero-order valence-corrected chi connectivity index (χ0v) is 7.29. The number of rotatable bonds is 6. The fourth-order valence-corrected chi connectivity index (χ4v) is 0.774. The molecule has 0 aliphatic heterocycles. The zero-order valence-electron chi connectivity index (χ0n) is 6.39. The van der Waals surface area contributed by atoms with Crippen LogP contribution >= 0.6 is 7.82 Å². The highest BCUT2D eigenvalue weighted by molar-refractivity contribution is 7.46. The zero-order chi connectivity index (χ0) is 8.74. The van der Waals surface area contributed by atoms with Gasteiger partial charge in [-0.25, -0.2) is 4.57 Å². The summed E-state index contributed by atoms with van der Waals surface area (Å²) in [7, 11) is -4.29. The lowest BCUT2D eigenvalue weighted by atomic mass is 10.5. The van der Waals surface area contributed by atoms with Gasteiger partial charge in [0, 0.05) is 6.61 Å². The molecule has 0 rings (SSSR count). The van der Waals surface area contributed by atoms with E-state index in [1.54, 1.807) is 0 Å². The average molecular weight is 184 g/mol. The minimum atomic E-state index is -4.29. The van der Waals surface area contributed by atoms with Crippen LogP contribution in [-0.4, -0.2) is 29.6 Å². The van der Waals surface area contributed by atoms with Gasteiger partial charge in [-0.15, -0.1) is 0 Å². The van der Waals surface area contributed by atoms with Crippen molar-refractivity contribution >= 4 is 7.82 Å². The van der Waals surface area contributed by atoms with E-state index in [1.807, 2.05) is 6.92 Å². The molecule has 0 aliphatic rings. The maximum Gasteiger partial charge on any atom is 0.469 e. The summed E-state index contributed by atoms with van der Waals surface area (Å²) in [5, 5.41) is 0. The number of ether oxygens (including phenoxy) is 1. The number of phosphoric ester groups is 1. The van der Waals surface area contributed by atoms with E-state index < -0.39 is 7.82 Å². The van der Waals surface area contributed by atoms with Crippen molar-refractivity contribution < 1.29 is 23.6 Å². The number of phosphoric acid groups is 1. The van der Waals surface area contributed by atoms with Crippen molar-refractivity contribution in [2.45, 2.75) is 13.3 Å². The third-order valence-corrected chi connectivity index (χ3v) is 1.35. The summed E-state index contributed by atoms with van der Waals surface area (Å²) in [5.41, 5.74) is 0. The van der Waals surface area contributed by atoms with Crippen molar-refractivity contribution in [2.24, 2.45) is 0 Å². The van der Waals surface area contributed by atoms with Crippen molar-refractivity contribution in [1.82, 2.24) is 0 Å². The highest BCUT2D eigenvalue weighted by atomic mass is 31.2. The second-order valence-corrected chi connectivity index (χ2v) is 3.18. The molecule has 6 heteroatoms. The first-order valence-electron chi connectivity index (χ1n) is 3.34. The normalized spacial score (nSPS) is 11.9. The lowest BCUT2D eigenvalue weighted by Gasteiger charge is -2.04. The Kier molecular flexibility index (Phi) is 5.72. The highest BCUT2D eigenvalue weighted by Crippen LogP contribution is 2.35. The lowest BCUT2D eigenvalue weighted by Crippen LogP contribution is -2.03. The van der Waals surface area contributed by atoms with E-state index in [0.717, 1.165) is 6.42 Å². The van der Waals surface area contributed by atoms with Gasteiger partial charge in [0.1, 0.15) is 0 Å². The molecule has 0 aromatic heterocycles. The average Bonchev–Trinajstić information content (AvgIpc) is 1.85. The predicted molar refractivity (Wildman–Crippen MR) is 39.1 cm³/mol. The van der Waals surface area contributed by atoms with Gasteiger partial charge in [0.2, 0.25) is 0 Å². The second kappa shape index (κ2) is 5.69. The molecule has 0 amide bonds. The summed E-state index contributed by atoms with van der Waals surface area (Å²) < 4.78 is 19.1. The molecule has 5 nitrogen and oxygen atoms in total. The molecule has 11 heavy (non-hydrogen) atoms. The quantitative estimate of drug-likeness (QED) is 0.465. The standard InChI is InChI=1S/C5H13O5P/c1-2-3-9-4-5-10-11(6,7)8/h2-5H2,1H3,(H2,6,7,8). The largest absolute Gasteiger partial charge is 0.469 e. The molecule has 0 fully saturated rings. The van der Waals surface area contributed by atoms with E-state index in [9.17, 15) is 4.57 Å². The Hall–Kier alpha value is 0.0700. The fourth-order valence-electron chi connectivity index (χ4n) is 0.462. The van der Waals surface area contributed by atoms with Crippen LogP contribution in [0.2, 0.25) is 0 Å². The second-order valence-electron chi connectivity index (χ2n) is 1.94. The molecule has 68 valence electrons. The molecule has 0 saturated carbocycles. The fraction of sp³-hybridized carbons (Fsp3) is 1.00. The van der Waals surface area contributed by atoms with Crippen LogP contribution in [0, 0.1) is 0 Å². The van der Waals surface area contributed by atoms with Crippen LogP contribution in [0.4, 0.5) is 0 Å². The molecule has 0 aromatic carbocycles. The molecule has 0 radical (unpaired) electrons. The first-order valence-corrected chi connectivity index (χ1v) is 4.87. The Balaban J connectivity index is 3.09. The molecular formula is C5H13O5P. The van der Waals surface area contributed by atoms with E-state index >= 15 is 0 Å². The van der Waals surface area contributed by atoms with Crippen LogP contribution in [0.5, 0.6) is 0 Å². The molecule has 0 unspecified atom stereocenters. The van der Waals surface area contributed by atoms with Crippen LogP contribution in [0.25, 0.3) is 0 Å². The van der Waals surface area contributed by atoms with Gasteiger partial charge in [0.25, 0.3) is 0 Å². The van der Waals surface area contributed by atoms with E-state index in [4.69, 9.17) is 14.5 Å². The Bertz CT molecular complexity index is 131. The van der Waals surface area contributed by atoms with Crippen molar-refractivity contribution in [2.75, 3.05) is 19.8 Å². The van der Waals surface area contributed by atoms with Crippen LogP contribution < -0.4 is 0 Å². The van der Waals surface area contributed by atoms with Crippen molar-refractivity contribution in [1.29, 1.82) is 0 Å². The summed E-state index contributed by atoms with van der Waals surface area (Å²) in [6.45, 7) is 2.69. The first kappa shape index (κ1) is 11.1. The SMILES string of the molecule is CCCOCCOP(=O)(O)O. The molecule has 0 aliphatic carbocycles. The molecule has 2 N–H and O–H groups in total. The van der Waals surface area contributed by atoms with E-state index in [2.05, 4.69) is 4.52 Å². The molecule has 0 atom stereocenters. The smallest absolute Gasteiger partial charge is 0.379 e. The van der Waals surface area contributed by atoms with E-state index in [-0.39, 0.29) is 13.2 Å². The van der Waals surface area contributed by atoms with Crippen molar-refractivity contribution in [3.63, 3.8) is 0 Å². The highest BCUT2D eigenvalue weighted by Gasteiger charge is 2.12. The van der Waals surface area contributed by atoms with Gasteiger partial charge in [0.15, 0.2) is 0 Å². The summed E-state index contributed by atoms with van der Waals surface area (Å²) in [5.74, 6) is 0. The number of hydrogen-bond donors (Lipinski definition) is 2. The summed E-state index contributed by atoms with van der Waals surface area (Å²) in [4.78, 5) is 16.4. The third-order valence-electron chi connectivity index (χ3n) is 0.836. The lowest BCUT2D eigenvalue weighted by molar-refractivity contribution is 0.0859. The molecule has 0 bridgehead atoms. The summed E-state index contributed by atoms with van der Waals surface area (Å²) in [6.07, 6.45) is 0.885. The van der Waals surface area contributed by atoms with Gasteiger partial charge in [-0.3, -0.25) is 4.52 Å². The molecular weight excluding hydrogens is 171 g/mol. The van der Waals surface area contributed by atoms with Crippen molar-refractivity contribution in [3.05, 3.63) is 0 Å². The maximum absolute atomic E-state index is 10.1. The van der Waals surface area contributed by atoms with E-state index in [1.165, 1.54) is 0 Å². The van der Waals surface area contributed by atoms with Crippen LogP contribution in [0.1, 0.15) is 13.3 Å². The number of hydrogen-bond acceptors (Lipinski definition) is 3. The van der Waals surface area contributed by atoms with Gasteiger partial charge in [-0.1, -0.05) is 6.92 Å². The van der Waals surface area contributed by atoms with Gasteiger partial charge < -0.3 is 14.5 Å². The van der Waals surface area contributed by atoms with Crippen LogP contribution in [0.3, 0.4) is 0 Å². The predicted octanol–water partition coefficient (Wildman–Crippen LogP) is 0.522. The van der Waals surface area contributed by atoms with Gasteiger partial charge in [0.05, 0.1) is 13.2 Å². The maximum atomic E-state index is 10.1. The topological polar surface area (TPSA) is 76.0 Å². The van der Waals surface area contributed by atoms with Crippen LogP contribution in [-0.2, 0) is 13.8 Å².